The number of piperazine rings is 2. The number of anilines is 1. The van der Waals surface area contributed by atoms with Crippen molar-refractivity contribution < 1.29 is 19.5 Å². The summed E-state index contributed by atoms with van der Waals surface area (Å²) in [7, 11) is 0. The van der Waals surface area contributed by atoms with Crippen molar-refractivity contribution in [3.8, 4) is 0 Å². The summed E-state index contributed by atoms with van der Waals surface area (Å²) < 4.78 is 0. The second-order valence-corrected chi connectivity index (χ2v) is 7.79. The molecule has 144 valence electrons. The predicted molar refractivity (Wildman–Crippen MR) is 98.7 cm³/mol. The Morgan fingerprint density at radius 1 is 1.07 bits per heavy atom. The topological polar surface area (TPSA) is 93.2 Å². The van der Waals surface area contributed by atoms with Crippen molar-refractivity contribution in [2.24, 2.45) is 0 Å². The number of aliphatic hydroxyl groups is 1. The summed E-state index contributed by atoms with van der Waals surface area (Å²) in [5.41, 5.74) is 0.419. The largest absolute Gasteiger partial charge is 0.391 e. The number of halogens is 2. The molecule has 27 heavy (non-hydrogen) atoms. The van der Waals surface area contributed by atoms with Gasteiger partial charge in [0.05, 0.1) is 23.4 Å². The Hall–Kier alpha value is -2.03. The third-order valence-corrected chi connectivity index (χ3v) is 5.80. The molecular weight excluding hydrogens is 395 g/mol. The maximum absolute atomic E-state index is 12.8. The first kappa shape index (κ1) is 18.3. The first-order valence-corrected chi connectivity index (χ1v) is 9.40. The zero-order chi connectivity index (χ0) is 19.3. The molecule has 0 saturated carbocycles. The van der Waals surface area contributed by atoms with Gasteiger partial charge >= 0.3 is 6.03 Å². The van der Waals surface area contributed by atoms with E-state index >= 15 is 0 Å². The molecule has 10 heteroatoms. The molecule has 3 aliphatic rings. The van der Waals surface area contributed by atoms with Crippen molar-refractivity contribution >= 4 is 46.7 Å². The molecule has 3 atom stereocenters. The number of carbonyl (C=O) groups excluding carboxylic acids is 3. The van der Waals surface area contributed by atoms with Gasteiger partial charge in [0.1, 0.15) is 12.1 Å². The van der Waals surface area contributed by atoms with E-state index in [1.165, 1.54) is 20.8 Å². The monoisotopic (exact) mass is 412 g/mol. The molecule has 2 N–H and O–H groups in total. The van der Waals surface area contributed by atoms with E-state index in [-0.39, 0.29) is 37.9 Å². The molecule has 3 fully saturated rings. The number of amides is 4. The van der Waals surface area contributed by atoms with Crippen LogP contribution in [0.2, 0.25) is 10.0 Å². The number of carbonyl (C=O) groups is 3. The highest BCUT2D eigenvalue weighted by atomic mass is 35.5. The zero-order valence-corrected chi connectivity index (χ0v) is 15.8. The average molecular weight is 413 g/mol. The maximum atomic E-state index is 12.8. The lowest BCUT2D eigenvalue weighted by molar-refractivity contribution is -0.162. The number of fused-ring (bicyclic) bond motifs is 2. The molecule has 0 spiro atoms. The van der Waals surface area contributed by atoms with Crippen LogP contribution in [0.5, 0.6) is 0 Å². The van der Waals surface area contributed by atoms with Gasteiger partial charge in [0.25, 0.3) is 0 Å². The van der Waals surface area contributed by atoms with Gasteiger partial charge < -0.3 is 25.1 Å². The minimum atomic E-state index is -0.723. The van der Waals surface area contributed by atoms with Gasteiger partial charge in [-0.3, -0.25) is 9.59 Å². The van der Waals surface area contributed by atoms with Crippen LogP contribution in [0.3, 0.4) is 0 Å². The van der Waals surface area contributed by atoms with Crippen molar-refractivity contribution in [2.75, 3.05) is 31.5 Å². The number of rotatable bonds is 1. The number of urea groups is 1. The molecule has 3 aliphatic heterocycles. The van der Waals surface area contributed by atoms with E-state index in [0.29, 0.717) is 22.3 Å². The van der Waals surface area contributed by atoms with E-state index in [2.05, 4.69) is 5.32 Å². The van der Waals surface area contributed by atoms with Gasteiger partial charge in [0.15, 0.2) is 0 Å². The lowest BCUT2D eigenvalue weighted by atomic mass is 10.0. The van der Waals surface area contributed by atoms with Crippen molar-refractivity contribution in [3.63, 3.8) is 0 Å². The summed E-state index contributed by atoms with van der Waals surface area (Å²) in [6.45, 7) is 0.840. The van der Waals surface area contributed by atoms with E-state index in [0.717, 1.165) is 0 Å². The fourth-order valence-corrected chi connectivity index (χ4v) is 4.36. The Bertz CT molecular complexity index is 820. The molecule has 8 nitrogen and oxygen atoms in total. The molecule has 4 rings (SSSR count). The van der Waals surface area contributed by atoms with Crippen LogP contribution in [0.1, 0.15) is 6.42 Å². The van der Waals surface area contributed by atoms with E-state index in [4.69, 9.17) is 23.2 Å². The summed E-state index contributed by atoms with van der Waals surface area (Å²) in [6.07, 6.45) is -0.414. The van der Waals surface area contributed by atoms with Gasteiger partial charge in [-0.1, -0.05) is 23.2 Å². The van der Waals surface area contributed by atoms with Gasteiger partial charge in [-0.2, -0.15) is 0 Å². The zero-order valence-electron chi connectivity index (χ0n) is 14.3. The standard InChI is InChI=1S/C17H18Cl2N4O4/c18-9-1-2-12(11(19)5-9)20-17(27)21-3-4-22-14(8-21)16(26)23-7-10(24)6-13(23)15(22)25/h1-2,5,10,13-14,24H,3-4,6-8H2,(H,20,27)/t10-,13+,14-/m1/s1. The molecular formula is C17H18Cl2N4O4. The lowest BCUT2D eigenvalue weighted by Crippen LogP contribution is -2.69. The van der Waals surface area contributed by atoms with Gasteiger partial charge in [-0.05, 0) is 18.2 Å². The third kappa shape index (κ3) is 3.22. The molecule has 0 bridgehead atoms. The number of hydrogen-bond acceptors (Lipinski definition) is 4. The lowest BCUT2D eigenvalue weighted by Gasteiger charge is -2.47. The van der Waals surface area contributed by atoms with Crippen LogP contribution in [0, 0.1) is 0 Å². The quantitative estimate of drug-likeness (QED) is 0.719. The molecule has 0 aliphatic carbocycles. The molecule has 0 unspecified atom stereocenters. The van der Waals surface area contributed by atoms with Crippen LogP contribution in [-0.4, -0.2) is 82.0 Å². The SMILES string of the molecule is O=C(Nc1ccc(Cl)cc1Cl)N1CCN2C(=O)[C@@H]3C[C@@H](O)CN3C(=O)[C@H]2C1. The molecule has 3 saturated heterocycles. The van der Waals surface area contributed by atoms with Crippen LogP contribution < -0.4 is 5.32 Å². The summed E-state index contributed by atoms with van der Waals surface area (Å²) in [6, 6.07) is 3.03. The van der Waals surface area contributed by atoms with Crippen molar-refractivity contribution in [2.45, 2.75) is 24.6 Å². The molecule has 3 heterocycles. The number of aliphatic hydroxyl groups excluding tert-OH is 1. The highest BCUT2D eigenvalue weighted by Gasteiger charge is 2.51. The molecule has 1 aromatic carbocycles. The summed E-state index contributed by atoms with van der Waals surface area (Å²) in [4.78, 5) is 42.5. The van der Waals surface area contributed by atoms with Crippen LogP contribution in [-0.2, 0) is 9.59 Å². The summed E-state index contributed by atoms with van der Waals surface area (Å²) in [5, 5.41) is 13.3. The summed E-state index contributed by atoms with van der Waals surface area (Å²) in [5.74, 6) is -0.380. The Morgan fingerprint density at radius 2 is 1.81 bits per heavy atom. The predicted octanol–water partition coefficient (Wildman–Crippen LogP) is 1.01. The Kier molecular flexibility index (Phi) is 4.65. The fraction of sp³-hybridized carbons (Fsp3) is 0.471. The van der Waals surface area contributed by atoms with Crippen molar-refractivity contribution in [3.05, 3.63) is 28.2 Å². The van der Waals surface area contributed by atoms with Crippen LogP contribution in [0.25, 0.3) is 0 Å². The average Bonchev–Trinajstić information content (AvgIpc) is 3.03. The van der Waals surface area contributed by atoms with Crippen molar-refractivity contribution in [1.29, 1.82) is 0 Å². The Labute approximate surface area is 165 Å². The molecule has 4 amide bonds. The van der Waals surface area contributed by atoms with Gasteiger partial charge in [-0.25, -0.2) is 4.79 Å². The minimum Gasteiger partial charge on any atom is -0.391 e. The Balaban J connectivity index is 1.48. The molecule has 0 radical (unpaired) electrons. The van der Waals surface area contributed by atoms with E-state index < -0.39 is 24.2 Å². The smallest absolute Gasteiger partial charge is 0.322 e. The second-order valence-electron chi connectivity index (χ2n) is 6.94. The third-order valence-electron chi connectivity index (χ3n) is 5.26. The minimum absolute atomic E-state index is 0.0981. The van der Waals surface area contributed by atoms with Crippen molar-refractivity contribution in [1.82, 2.24) is 14.7 Å². The summed E-state index contributed by atoms with van der Waals surface area (Å²) >= 11 is 11.9. The normalized spacial score (nSPS) is 27.5. The van der Waals surface area contributed by atoms with Crippen LogP contribution in [0.4, 0.5) is 10.5 Å². The first-order valence-electron chi connectivity index (χ1n) is 8.65. The Morgan fingerprint density at radius 3 is 2.56 bits per heavy atom. The number of nitrogens with zero attached hydrogens (tertiary/aromatic N) is 3. The van der Waals surface area contributed by atoms with E-state index in [9.17, 15) is 19.5 Å². The fourth-order valence-electron chi connectivity index (χ4n) is 3.90. The number of nitrogens with one attached hydrogen (secondary N) is 1. The number of hydrogen-bond donors (Lipinski definition) is 2. The first-order chi connectivity index (χ1) is 12.8. The molecule has 0 aromatic heterocycles. The van der Waals surface area contributed by atoms with Gasteiger partial charge in [0, 0.05) is 31.1 Å². The highest BCUT2D eigenvalue weighted by molar-refractivity contribution is 6.36. The highest BCUT2D eigenvalue weighted by Crippen LogP contribution is 2.30. The van der Waals surface area contributed by atoms with Gasteiger partial charge in [-0.15, -0.1) is 0 Å². The van der Waals surface area contributed by atoms with E-state index in [1.54, 1.807) is 12.1 Å². The second kappa shape index (κ2) is 6.85. The maximum Gasteiger partial charge on any atom is 0.322 e. The van der Waals surface area contributed by atoms with E-state index in [1.807, 2.05) is 0 Å². The number of benzene rings is 1. The molecule has 1 aromatic rings. The van der Waals surface area contributed by atoms with Crippen LogP contribution in [0.15, 0.2) is 18.2 Å². The van der Waals surface area contributed by atoms with Gasteiger partial charge in [0.2, 0.25) is 11.8 Å². The van der Waals surface area contributed by atoms with Crippen LogP contribution >= 0.6 is 23.2 Å².